The Morgan fingerprint density at radius 1 is 1.00 bits per heavy atom. The van der Waals surface area contributed by atoms with Crippen molar-refractivity contribution < 1.29 is 24.2 Å². The van der Waals surface area contributed by atoms with Crippen molar-refractivity contribution in [1.29, 1.82) is 0 Å². The molecule has 0 aliphatic carbocycles. The van der Waals surface area contributed by atoms with Crippen molar-refractivity contribution in [3.8, 4) is 17.3 Å². The maximum absolute atomic E-state index is 14.8. The molecule has 4 aliphatic heterocycles. The van der Waals surface area contributed by atoms with E-state index in [1.807, 2.05) is 41.5 Å². The summed E-state index contributed by atoms with van der Waals surface area (Å²) in [5.41, 5.74) is 3.95. The van der Waals surface area contributed by atoms with E-state index < -0.39 is 28.9 Å². The molecule has 20 heteroatoms. The molecule has 3 unspecified atom stereocenters. The summed E-state index contributed by atoms with van der Waals surface area (Å²) in [7, 11) is 8.87. The number of ether oxygens (including phenoxy) is 1. The molecule has 0 bridgehead atoms. The number of hydrogen-bond donors (Lipinski definition) is 2. The van der Waals surface area contributed by atoms with E-state index in [1.54, 1.807) is 53.6 Å². The number of pyridine rings is 2. The Kier molecular flexibility index (Phi) is 12.2. The number of fused-ring (bicyclic) bond motifs is 2. The van der Waals surface area contributed by atoms with E-state index in [4.69, 9.17) is 32.9 Å². The van der Waals surface area contributed by atoms with Crippen LogP contribution in [0, 0.1) is 5.41 Å². The van der Waals surface area contributed by atoms with Crippen LogP contribution in [0.4, 0.5) is 5.69 Å². The van der Waals surface area contributed by atoms with Crippen LogP contribution in [0.2, 0.25) is 10.0 Å². The Hall–Kier alpha value is -6.05. The second kappa shape index (κ2) is 18.0. The molecule has 363 valence electrons. The molecule has 4 aromatic heterocycles. The fraction of sp³-hybridized carbons (Fsp3) is 0.420. The van der Waals surface area contributed by atoms with Gasteiger partial charge in [0.1, 0.15) is 23.8 Å². The van der Waals surface area contributed by atoms with Gasteiger partial charge in [-0.05, 0) is 113 Å². The van der Waals surface area contributed by atoms with Crippen LogP contribution in [-0.2, 0) is 30.5 Å². The summed E-state index contributed by atoms with van der Waals surface area (Å²) in [5, 5.41) is 11.8. The lowest BCUT2D eigenvalue weighted by Gasteiger charge is -2.54. The highest BCUT2D eigenvalue weighted by Gasteiger charge is 2.54. The topological polar surface area (TPSA) is 182 Å². The van der Waals surface area contributed by atoms with E-state index >= 15 is 0 Å². The van der Waals surface area contributed by atoms with Gasteiger partial charge in [-0.2, -0.15) is 0 Å². The molecule has 0 saturated carbocycles. The number of aliphatic hydroxyl groups is 1. The summed E-state index contributed by atoms with van der Waals surface area (Å²) in [5.74, 6) is -0.456. The number of benzene rings is 2. The number of methoxy groups -OCH3 is 1. The number of anilines is 1. The predicted octanol–water partition coefficient (Wildman–Crippen LogP) is 5.16. The van der Waals surface area contributed by atoms with Gasteiger partial charge in [0.2, 0.25) is 11.8 Å². The van der Waals surface area contributed by atoms with Crippen LogP contribution in [0.1, 0.15) is 95.7 Å². The number of aryl methyl sites for hydroxylation is 3. The summed E-state index contributed by atoms with van der Waals surface area (Å²) in [4.78, 5) is 84.3. The van der Waals surface area contributed by atoms with Crippen molar-refractivity contribution in [3.05, 3.63) is 126 Å². The van der Waals surface area contributed by atoms with Gasteiger partial charge in [0.15, 0.2) is 5.69 Å². The Morgan fingerprint density at radius 2 is 1.73 bits per heavy atom. The van der Waals surface area contributed by atoms with Gasteiger partial charge in [-0.3, -0.25) is 33.2 Å². The molecule has 10 rings (SSSR count). The van der Waals surface area contributed by atoms with Gasteiger partial charge < -0.3 is 34.1 Å². The summed E-state index contributed by atoms with van der Waals surface area (Å²) < 4.78 is 12.2. The number of nitrogens with one attached hydrogen (secondary N) is 1. The Balaban J connectivity index is 0.845. The average Bonchev–Trinajstić information content (AvgIpc) is 3.92. The number of carbonyl (C=O) groups is 3. The molecule has 17 nitrogen and oxygen atoms in total. The number of imidazole rings is 2. The Labute approximate surface area is 417 Å². The van der Waals surface area contributed by atoms with Crippen molar-refractivity contribution in [1.82, 2.24) is 43.4 Å². The van der Waals surface area contributed by atoms with Crippen molar-refractivity contribution >= 4 is 67.9 Å². The van der Waals surface area contributed by atoms with Crippen LogP contribution in [0.25, 0.3) is 22.4 Å². The number of para-hydroxylation sites is 1. The number of nitrogens with zero attached hydrogens (tertiary/aromatic N) is 9. The molecular weight excluding hydrogens is 952 g/mol. The lowest BCUT2D eigenvalue weighted by atomic mass is 9.71. The molecule has 3 saturated heterocycles. The minimum atomic E-state index is -1.45. The molecule has 3 radical (unpaired) electrons. The van der Waals surface area contributed by atoms with E-state index in [2.05, 4.69) is 25.4 Å². The maximum atomic E-state index is 14.8. The van der Waals surface area contributed by atoms with E-state index in [-0.39, 0.29) is 51.2 Å². The highest BCUT2D eigenvalue weighted by Crippen LogP contribution is 2.48. The van der Waals surface area contributed by atoms with Gasteiger partial charge in [0.05, 0.1) is 55.4 Å². The van der Waals surface area contributed by atoms with Crippen molar-refractivity contribution in [2.75, 3.05) is 44.7 Å². The highest BCUT2D eigenvalue weighted by atomic mass is 35.5. The minimum absolute atomic E-state index is 0.0225. The first kappa shape index (κ1) is 47.6. The highest BCUT2D eigenvalue weighted by molar-refractivity contribution is 6.32. The molecule has 3 fully saturated rings. The van der Waals surface area contributed by atoms with Gasteiger partial charge in [-0.15, -0.1) is 0 Å². The molecule has 6 aromatic rings. The molecule has 2 N–H and O–H groups in total. The second-order valence-electron chi connectivity index (χ2n) is 19.4. The second-order valence-corrected chi connectivity index (χ2v) is 21.0. The van der Waals surface area contributed by atoms with E-state index in [9.17, 15) is 29.1 Å². The van der Waals surface area contributed by atoms with Crippen LogP contribution in [0.5, 0.6) is 5.88 Å². The zero-order chi connectivity index (χ0) is 49.6. The number of rotatable bonds is 11. The first-order chi connectivity index (χ1) is 33.4. The maximum Gasteiger partial charge on any atom is 0.329 e. The predicted molar refractivity (Wildman–Crippen MR) is 266 cm³/mol. The number of amides is 3. The van der Waals surface area contributed by atoms with Crippen LogP contribution in [0.15, 0.2) is 76.6 Å². The molecule has 3 amide bonds. The first-order valence-corrected chi connectivity index (χ1v) is 24.8. The van der Waals surface area contributed by atoms with Crippen LogP contribution in [-0.4, -0.2) is 117 Å². The number of aromatic nitrogens is 6. The summed E-state index contributed by atoms with van der Waals surface area (Å²) >= 11 is 12.8. The van der Waals surface area contributed by atoms with Gasteiger partial charge in [-0.1, -0.05) is 47.5 Å². The van der Waals surface area contributed by atoms with E-state index in [0.29, 0.717) is 59.2 Å². The van der Waals surface area contributed by atoms with Gasteiger partial charge in [0, 0.05) is 56.1 Å². The molecular formula is C50H53Cl2N10O7Si. The molecule has 3 atom stereocenters. The van der Waals surface area contributed by atoms with E-state index in [0.717, 1.165) is 61.9 Å². The van der Waals surface area contributed by atoms with Crippen molar-refractivity contribution in [2.45, 2.75) is 75.8 Å². The standard InChI is InChI=1S/C50H53Cl2N10O7Si/c1-28(2)60-41-39(47(67)62(37-23-33(52)25-56(3)46(37)66)50(41,70)31-11-13-32(51)14-12-31)55-42(60)34-22-30(24-53-44(34)69-5)45(65)59-26-49(27-59)17-20-58(21-18-49)19-7-9-29-8-6-10-35-40(29)57(4)48(68)61(35)36-15-16-38(63)54-43(36)64/h6,8,10-14,22-25,28,36,38,63H,7,9,15-21,26-27H2,1-5H3,(H,54,64). The SMILES string of the molecule is COc1ncc(C(=O)N2CC3(CCN(CCCc4cccc5c4n(C)c(=O)n5C4CCC(O)NC4=O)CC3)C2)cc1-c1nc2c(n1C(C)C)C([Si])(c1ccc(Cl)cc1)N(c1cc(Cl)cn(C)c1=O)C2=O. The number of likely N-dealkylation sites (tertiary alicyclic amines) is 2. The van der Waals surface area contributed by atoms with Crippen LogP contribution in [0.3, 0.4) is 0 Å². The fourth-order valence-electron chi connectivity index (χ4n) is 11.1. The minimum Gasteiger partial charge on any atom is -0.480 e. The monoisotopic (exact) mass is 1000 g/mol. The Morgan fingerprint density at radius 3 is 2.41 bits per heavy atom. The first-order valence-electron chi connectivity index (χ1n) is 23.5. The fourth-order valence-corrected chi connectivity index (χ4v) is 12.1. The summed E-state index contributed by atoms with van der Waals surface area (Å²) in [6.07, 6.45) is 6.45. The zero-order valence-corrected chi connectivity index (χ0v) is 42.1. The summed E-state index contributed by atoms with van der Waals surface area (Å²) in [6, 6.07) is 15.1. The van der Waals surface area contributed by atoms with Crippen molar-refractivity contribution in [3.63, 3.8) is 0 Å². The van der Waals surface area contributed by atoms with Crippen molar-refractivity contribution in [2.24, 2.45) is 19.5 Å². The number of hydrogen-bond acceptors (Lipinski definition) is 10. The number of carbonyl (C=O) groups excluding carboxylic acids is 3. The number of halogens is 2. The molecule has 1 spiro atoms. The van der Waals surface area contributed by atoms with Gasteiger partial charge >= 0.3 is 5.69 Å². The van der Waals surface area contributed by atoms with E-state index in [1.165, 1.54) is 35.0 Å². The van der Waals surface area contributed by atoms with Crippen LogP contribution >= 0.6 is 23.2 Å². The third-order valence-corrected chi connectivity index (χ3v) is 15.9. The number of aliphatic hydroxyl groups excluding tert-OH is 1. The quantitative estimate of drug-likeness (QED) is 0.165. The molecule has 8 heterocycles. The summed E-state index contributed by atoms with van der Waals surface area (Å²) in [6.45, 7) is 7.89. The molecule has 4 aliphatic rings. The third-order valence-electron chi connectivity index (χ3n) is 14.7. The smallest absolute Gasteiger partial charge is 0.329 e. The number of piperidine rings is 2. The average molecular weight is 1010 g/mol. The lowest BCUT2D eigenvalue weighted by molar-refractivity contribution is -0.130. The van der Waals surface area contributed by atoms with Crippen LogP contribution < -0.4 is 26.2 Å². The van der Waals surface area contributed by atoms with Gasteiger partial charge in [0.25, 0.3) is 17.4 Å². The molecule has 2 aromatic carbocycles. The van der Waals surface area contributed by atoms with Gasteiger partial charge in [-0.25, -0.2) is 14.8 Å². The zero-order valence-electron chi connectivity index (χ0n) is 39.5. The normalized spacial score (nSPS) is 21.2. The molecule has 70 heavy (non-hydrogen) atoms. The Bertz CT molecular complexity index is 3220. The third kappa shape index (κ3) is 7.78. The lowest BCUT2D eigenvalue weighted by Crippen LogP contribution is -2.61. The largest absolute Gasteiger partial charge is 0.480 e.